The van der Waals surface area contributed by atoms with Crippen LogP contribution >= 0.6 is 0 Å². The number of nitrogens with zero attached hydrogens (tertiary/aromatic N) is 2. The molecule has 9 heteroatoms. The number of hydrogen-bond acceptors (Lipinski definition) is 5. The zero-order valence-corrected chi connectivity index (χ0v) is 16.1. The van der Waals surface area contributed by atoms with Crippen molar-refractivity contribution in [1.82, 2.24) is 13.9 Å². The van der Waals surface area contributed by atoms with Crippen LogP contribution in [0.2, 0.25) is 0 Å². The smallest absolute Gasteiger partial charge is 0.243 e. The van der Waals surface area contributed by atoms with Crippen LogP contribution in [0.4, 0.5) is 0 Å². The second-order valence-corrected chi connectivity index (χ2v) is 10.4. The van der Waals surface area contributed by atoms with Crippen LogP contribution in [0, 0.1) is 6.92 Å². The molecule has 3 rings (SSSR count). The molecule has 7 nitrogen and oxygen atoms in total. The lowest BCUT2D eigenvalue weighted by Gasteiger charge is -2.28. The average molecular weight is 388 g/mol. The van der Waals surface area contributed by atoms with Gasteiger partial charge in [0, 0.05) is 39.3 Å². The van der Waals surface area contributed by atoms with Crippen LogP contribution in [0.15, 0.2) is 28.0 Å². The zero-order valence-electron chi connectivity index (χ0n) is 14.4. The molecule has 2 fully saturated rings. The minimum atomic E-state index is -3.70. The van der Waals surface area contributed by atoms with Gasteiger partial charge in [0.1, 0.15) is 0 Å². The highest BCUT2D eigenvalue weighted by atomic mass is 32.2. The van der Waals surface area contributed by atoms with Crippen LogP contribution in [0.1, 0.15) is 24.8 Å². The fraction of sp³-hybridized carbons (Fsp3) is 0.625. The number of sulfonamides is 2. The van der Waals surface area contributed by atoms with E-state index in [1.165, 1.54) is 20.7 Å². The lowest BCUT2D eigenvalue weighted by Crippen LogP contribution is -2.46. The molecule has 0 unspecified atom stereocenters. The van der Waals surface area contributed by atoms with Crippen molar-refractivity contribution in [3.8, 4) is 0 Å². The maximum Gasteiger partial charge on any atom is 0.243 e. The minimum absolute atomic E-state index is 0.0636. The highest BCUT2D eigenvalue weighted by Gasteiger charge is 2.31. The Morgan fingerprint density at radius 1 is 0.840 bits per heavy atom. The van der Waals surface area contributed by atoms with Crippen molar-refractivity contribution in [2.75, 3.05) is 39.3 Å². The van der Waals surface area contributed by atoms with Gasteiger partial charge in [0.2, 0.25) is 20.0 Å². The molecule has 2 saturated heterocycles. The first kappa shape index (κ1) is 18.8. The van der Waals surface area contributed by atoms with E-state index in [-0.39, 0.29) is 9.79 Å². The molecular weight excluding hydrogens is 362 g/mol. The molecule has 2 aliphatic rings. The number of piperidine rings is 1. The maximum atomic E-state index is 13.0. The molecule has 0 aliphatic carbocycles. The fourth-order valence-corrected chi connectivity index (χ4v) is 6.61. The Morgan fingerprint density at radius 3 is 2.08 bits per heavy atom. The number of nitrogens with one attached hydrogen (secondary N) is 1. The lowest BCUT2D eigenvalue weighted by atomic mass is 10.2. The van der Waals surface area contributed by atoms with E-state index in [1.54, 1.807) is 13.0 Å². The van der Waals surface area contributed by atoms with Gasteiger partial charge in [-0.2, -0.15) is 8.61 Å². The fourth-order valence-electron chi connectivity index (χ4n) is 3.30. The molecule has 1 N–H and O–H groups in total. The third kappa shape index (κ3) is 3.75. The summed E-state index contributed by atoms with van der Waals surface area (Å²) in [4.78, 5) is 0.154. The molecule has 0 saturated carbocycles. The third-order valence-electron chi connectivity index (χ3n) is 4.81. The Balaban J connectivity index is 1.98. The Labute approximate surface area is 150 Å². The quantitative estimate of drug-likeness (QED) is 0.824. The zero-order chi connectivity index (χ0) is 18.1. The monoisotopic (exact) mass is 387 g/mol. The van der Waals surface area contributed by atoms with Crippen molar-refractivity contribution in [3.05, 3.63) is 23.8 Å². The van der Waals surface area contributed by atoms with Crippen LogP contribution in [-0.4, -0.2) is 64.7 Å². The van der Waals surface area contributed by atoms with Crippen molar-refractivity contribution in [2.45, 2.75) is 36.0 Å². The molecule has 1 aromatic rings. The van der Waals surface area contributed by atoms with E-state index in [4.69, 9.17) is 0 Å². The number of rotatable bonds is 4. The van der Waals surface area contributed by atoms with Gasteiger partial charge in [0.25, 0.3) is 0 Å². The molecule has 1 aromatic carbocycles. The van der Waals surface area contributed by atoms with Gasteiger partial charge in [0.15, 0.2) is 0 Å². The summed E-state index contributed by atoms with van der Waals surface area (Å²) in [5, 5.41) is 3.12. The molecular formula is C16H25N3O4S2. The second kappa shape index (κ2) is 7.32. The van der Waals surface area contributed by atoms with E-state index in [0.717, 1.165) is 19.3 Å². The average Bonchev–Trinajstić information content (AvgIpc) is 2.63. The topological polar surface area (TPSA) is 86.8 Å². The molecule has 25 heavy (non-hydrogen) atoms. The summed E-state index contributed by atoms with van der Waals surface area (Å²) in [6.45, 7) is 4.68. The van der Waals surface area contributed by atoms with E-state index in [0.29, 0.717) is 44.8 Å². The Morgan fingerprint density at radius 2 is 1.44 bits per heavy atom. The first-order valence-electron chi connectivity index (χ1n) is 8.65. The normalized spacial score (nSPS) is 21.3. The number of benzene rings is 1. The summed E-state index contributed by atoms with van der Waals surface area (Å²) in [5.74, 6) is 0. The van der Waals surface area contributed by atoms with Crippen molar-refractivity contribution in [3.63, 3.8) is 0 Å². The van der Waals surface area contributed by atoms with Crippen LogP contribution < -0.4 is 5.32 Å². The Kier molecular flexibility index (Phi) is 5.50. The molecule has 2 heterocycles. The van der Waals surface area contributed by atoms with E-state index in [9.17, 15) is 16.8 Å². The second-order valence-electron chi connectivity index (χ2n) is 6.55. The van der Waals surface area contributed by atoms with Gasteiger partial charge >= 0.3 is 0 Å². The molecule has 2 aliphatic heterocycles. The van der Waals surface area contributed by atoms with Gasteiger partial charge in [-0.15, -0.1) is 0 Å². The SMILES string of the molecule is Cc1ccc(S(=O)(=O)N2CCCCC2)cc1S(=O)(=O)N1CCNCC1. The molecule has 0 bridgehead atoms. The van der Waals surface area contributed by atoms with Crippen LogP contribution in [-0.2, 0) is 20.0 Å². The first-order valence-corrected chi connectivity index (χ1v) is 11.5. The highest BCUT2D eigenvalue weighted by molar-refractivity contribution is 7.90. The standard InChI is InChI=1S/C16H25N3O4S2/c1-14-5-6-15(24(20,21)18-9-3-2-4-10-18)13-16(14)25(22,23)19-11-7-17-8-12-19/h5-6,13,17H,2-4,7-12H2,1H3. The van der Waals surface area contributed by atoms with Gasteiger partial charge in [0.05, 0.1) is 9.79 Å². The first-order chi connectivity index (χ1) is 11.8. The number of piperazine rings is 1. The Hall–Kier alpha value is -1.00. The largest absolute Gasteiger partial charge is 0.314 e. The van der Waals surface area contributed by atoms with Crippen molar-refractivity contribution < 1.29 is 16.8 Å². The van der Waals surface area contributed by atoms with Crippen molar-refractivity contribution >= 4 is 20.0 Å². The van der Waals surface area contributed by atoms with Gasteiger partial charge < -0.3 is 5.32 Å². The lowest BCUT2D eigenvalue weighted by molar-refractivity contribution is 0.346. The third-order valence-corrected chi connectivity index (χ3v) is 8.74. The van der Waals surface area contributed by atoms with E-state index in [2.05, 4.69) is 5.32 Å². The molecule has 0 aromatic heterocycles. The van der Waals surface area contributed by atoms with Crippen molar-refractivity contribution in [2.24, 2.45) is 0 Å². The van der Waals surface area contributed by atoms with E-state index >= 15 is 0 Å². The van der Waals surface area contributed by atoms with Crippen LogP contribution in [0.3, 0.4) is 0 Å². The summed E-state index contributed by atoms with van der Waals surface area (Å²) in [5.41, 5.74) is 0.566. The predicted molar refractivity (Wildman–Crippen MR) is 95.4 cm³/mol. The molecule has 0 amide bonds. The molecule has 0 radical (unpaired) electrons. The highest BCUT2D eigenvalue weighted by Crippen LogP contribution is 2.27. The summed E-state index contributed by atoms with van der Waals surface area (Å²) in [6, 6.07) is 4.43. The summed E-state index contributed by atoms with van der Waals surface area (Å²) >= 11 is 0. The van der Waals surface area contributed by atoms with Gasteiger partial charge in [-0.05, 0) is 37.5 Å². The Bertz CT molecular complexity index is 825. The van der Waals surface area contributed by atoms with Gasteiger partial charge in [-0.1, -0.05) is 12.5 Å². The van der Waals surface area contributed by atoms with Gasteiger partial charge in [-0.25, -0.2) is 16.8 Å². The number of hydrogen-bond donors (Lipinski definition) is 1. The molecule has 140 valence electrons. The van der Waals surface area contributed by atoms with Gasteiger partial charge in [-0.3, -0.25) is 0 Å². The molecule has 0 spiro atoms. The summed E-state index contributed by atoms with van der Waals surface area (Å²) in [6.07, 6.45) is 2.72. The number of aryl methyl sites for hydroxylation is 1. The maximum absolute atomic E-state index is 13.0. The molecule has 0 atom stereocenters. The van der Waals surface area contributed by atoms with Crippen molar-refractivity contribution in [1.29, 1.82) is 0 Å². The van der Waals surface area contributed by atoms with E-state index in [1.807, 2.05) is 0 Å². The predicted octanol–water partition coefficient (Wildman–Crippen LogP) is 0.764. The summed E-state index contributed by atoms with van der Waals surface area (Å²) < 4.78 is 54.5. The van der Waals surface area contributed by atoms with Crippen LogP contribution in [0.5, 0.6) is 0 Å². The summed E-state index contributed by atoms with van der Waals surface area (Å²) in [7, 11) is -7.35. The minimum Gasteiger partial charge on any atom is -0.314 e. The van der Waals surface area contributed by atoms with E-state index < -0.39 is 20.0 Å². The van der Waals surface area contributed by atoms with Crippen LogP contribution in [0.25, 0.3) is 0 Å².